The third-order valence-electron chi connectivity index (χ3n) is 4.83. The molecule has 0 amide bonds. The molecule has 25 heavy (non-hydrogen) atoms. The SMILES string of the molecule is Clc1c(C(C#Cc2ccccc2)N2CCCCC2)[nH]c2ccccc12. The van der Waals surface area contributed by atoms with Gasteiger partial charge in [0.25, 0.3) is 0 Å². The van der Waals surface area contributed by atoms with Crippen molar-refractivity contribution in [3.63, 3.8) is 0 Å². The average molecular weight is 349 g/mol. The number of likely N-dealkylation sites (tertiary alicyclic amines) is 1. The van der Waals surface area contributed by atoms with E-state index in [0.717, 1.165) is 40.3 Å². The van der Waals surface area contributed by atoms with Crippen LogP contribution in [0.15, 0.2) is 54.6 Å². The Morgan fingerprint density at radius 1 is 0.920 bits per heavy atom. The molecule has 3 heteroatoms. The van der Waals surface area contributed by atoms with Crippen LogP contribution < -0.4 is 0 Å². The molecule has 4 rings (SSSR count). The number of benzene rings is 2. The van der Waals surface area contributed by atoms with Crippen LogP contribution in [0.25, 0.3) is 10.9 Å². The molecule has 1 aromatic heterocycles. The molecule has 126 valence electrons. The number of piperidine rings is 1. The van der Waals surface area contributed by atoms with Gasteiger partial charge >= 0.3 is 0 Å². The number of para-hydroxylation sites is 1. The first-order valence-electron chi connectivity index (χ1n) is 8.90. The summed E-state index contributed by atoms with van der Waals surface area (Å²) in [5.41, 5.74) is 3.14. The first-order valence-corrected chi connectivity index (χ1v) is 9.27. The summed E-state index contributed by atoms with van der Waals surface area (Å²) in [5.74, 6) is 6.83. The number of aromatic amines is 1. The Labute approximate surface area is 153 Å². The van der Waals surface area contributed by atoms with Crippen LogP contribution in [0, 0.1) is 11.8 Å². The Kier molecular flexibility index (Phi) is 4.78. The zero-order valence-corrected chi connectivity index (χ0v) is 14.9. The topological polar surface area (TPSA) is 19.0 Å². The van der Waals surface area contributed by atoms with Gasteiger partial charge in [0.2, 0.25) is 0 Å². The van der Waals surface area contributed by atoms with Crippen molar-refractivity contribution < 1.29 is 0 Å². The first kappa shape index (κ1) is 16.3. The number of halogens is 1. The largest absolute Gasteiger partial charge is 0.355 e. The summed E-state index contributed by atoms with van der Waals surface area (Å²) in [6.45, 7) is 2.14. The van der Waals surface area contributed by atoms with Crippen LogP contribution in [0.4, 0.5) is 0 Å². The van der Waals surface area contributed by atoms with Crippen LogP contribution in [0.1, 0.15) is 36.6 Å². The van der Waals surface area contributed by atoms with Gasteiger partial charge in [-0.15, -0.1) is 0 Å². The fourth-order valence-corrected chi connectivity index (χ4v) is 3.83. The summed E-state index contributed by atoms with van der Waals surface area (Å²) in [4.78, 5) is 5.98. The number of nitrogens with one attached hydrogen (secondary N) is 1. The van der Waals surface area contributed by atoms with Crippen LogP contribution in [0.3, 0.4) is 0 Å². The molecule has 0 bridgehead atoms. The molecule has 2 aromatic carbocycles. The molecular weight excluding hydrogens is 328 g/mol. The molecule has 0 aliphatic carbocycles. The third kappa shape index (κ3) is 3.44. The minimum absolute atomic E-state index is 0.000376. The molecule has 1 N–H and O–H groups in total. The number of hydrogen-bond acceptors (Lipinski definition) is 1. The number of aromatic nitrogens is 1. The van der Waals surface area contributed by atoms with E-state index >= 15 is 0 Å². The van der Waals surface area contributed by atoms with Crippen molar-refractivity contribution in [3.8, 4) is 11.8 Å². The predicted octanol–water partition coefficient (Wildman–Crippen LogP) is 5.40. The lowest BCUT2D eigenvalue weighted by atomic mass is 10.1. The van der Waals surface area contributed by atoms with E-state index in [2.05, 4.69) is 33.9 Å². The van der Waals surface area contributed by atoms with E-state index in [1.54, 1.807) is 0 Å². The first-order chi connectivity index (χ1) is 12.3. The Balaban J connectivity index is 1.76. The second-order valence-corrected chi connectivity index (χ2v) is 6.91. The Morgan fingerprint density at radius 3 is 2.40 bits per heavy atom. The van der Waals surface area contributed by atoms with Crippen molar-refractivity contribution in [1.82, 2.24) is 9.88 Å². The maximum Gasteiger partial charge on any atom is 0.114 e. The lowest BCUT2D eigenvalue weighted by molar-refractivity contribution is 0.195. The summed E-state index contributed by atoms with van der Waals surface area (Å²) < 4.78 is 0. The molecule has 1 aliphatic heterocycles. The fourth-order valence-electron chi connectivity index (χ4n) is 3.51. The maximum atomic E-state index is 6.73. The minimum atomic E-state index is 0.000376. The van der Waals surface area contributed by atoms with E-state index in [9.17, 15) is 0 Å². The number of hydrogen-bond donors (Lipinski definition) is 1. The van der Waals surface area contributed by atoms with Crippen molar-refractivity contribution in [2.24, 2.45) is 0 Å². The van der Waals surface area contributed by atoms with Gasteiger partial charge in [-0.1, -0.05) is 66.3 Å². The smallest absolute Gasteiger partial charge is 0.114 e. The maximum absolute atomic E-state index is 6.73. The molecule has 0 radical (unpaired) electrons. The fraction of sp³-hybridized carbons (Fsp3) is 0.273. The van der Waals surface area contributed by atoms with Crippen molar-refractivity contribution in [2.45, 2.75) is 25.3 Å². The standard InChI is InChI=1S/C22H21ClN2/c23-21-18-11-5-6-12-19(18)24-22(21)20(25-15-7-2-8-16-25)14-13-17-9-3-1-4-10-17/h1,3-6,9-12,20,24H,2,7-8,15-16H2. The lowest BCUT2D eigenvalue weighted by Crippen LogP contribution is -2.33. The molecule has 1 atom stereocenters. The van der Waals surface area contributed by atoms with Gasteiger partial charge in [-0.25, -0.2) is 0 Å². The number of nitrogens with zero attached hydrogens (tertiary/aromatic N) is 1. The van der Waals surface area contributed by atoms with Gasteiger partial charge in [-0.05, 0) is 44.1 Å². The number of H-pyrrole nitrogens is 1. The second kappa shape index (κ2) is 7.35. The van der Waals surface area contributed by atoms with E-state index < -0.39 is 0 Å². The molecule has 2 nitrogen and oxygen atoms in total. The van der Waals surface area contributed by atoms with Gasteiger partial charge in [-0.3, -0.25) is 4.90 Å². The molecule has 1 saturated heterocycles. The average Bonchev–Trinajstić information content (AvgIpc) is 3.01. The van der Waals surface area contributed by atoms with Gasteiger partial charge < -0.3 is 4.98 Å². The normalized spacial score (nSPS) is 16.4. The van der Waals surface area contributed by atoms with Crippen LogP contribution in [0.5, 0.6) is 0 Å². The molecular formula is C22H21ClN2. The molecule has 0 saturated carbocycles. The van der Waals surface area contributed by atoms with Crippen LogP contribution in [-0.2, 0) is 0 Å². The van der Waals surface area contributed by atoms with Gasteiger partial charge in [0.05, 0.1) is 10.7 Å². The second-order valence-electron chi connectivity index (χ2n) is 6.53. The Morgan fingerprint density at radius 2 is 1.64 bits per heavy atom. The summed E-state index contributed by atoms with van der Waals surface area (Å²) in [6, 6.07) is 18.4. The van der Waals surface area contributed by atoms with Crippen molar-refractivity contribution >= 4 is 22.5 Å². The quantitative estimate of drug-likeness (QED) is 0.614. The molecule has 1 unspecified atom stereocenters. The monoisotopic (exact) mass is 348 g/mol. The highest BCUT2D eigenvalue weighted by molar-refractivity contribution is 6.36. The summed E-state index contributed by atoms with van der Waals surface area (Å²) in [6.07, 6.45) is 3.75. The Hall–Kier alpha value is -2.21. The van der Waals surface area contributed by atoms with Crippen LogP contribution in [0.2, 0.25) is 5.02 Å². The third-order valence-corrected chi connectivity index (χ3v) is 5.23. The van der Waals surface area contributed by atoms with Gasteiger partial charge in [0, 0.05) is 16.5 Å². The summed E-state index contributed by atoms with van der Waals surface area (Å²) in [7, 11) is 0. The predicted molar refractivity (Wildman–Crippen MR) is 105 cm³/mol. The Bertz CT molecular complexity index is 911. The highest BCUT2D eigenvalue weighted by Crippen LogP contribution is 2.34. The molecule has 1 aliphatic rings. The van der Waals surface area contributed by atoms with Crippen molar-refractivity contribution in [3.05, 3.63) is 70.9 Å². The van der Waals surface area contributed by atoms with Crippen LogP contribution >= 0.6 is 11.6 Å². The van der Waals surface area contributed by atoms with E-state index in [1.165, 1.54) is 19.3 Å². The minimum Gasteiger partial charge on any atom is -0.355 e. The van der Waals surface area contributed by atoms with Crippen molar-refractivity contribution in [1.29, 1.82) is 0 Å². The molecule has 2 heterocycles. The van der Waals surface area contributed by atoms with E-state index in [0.29, 0.717) is 0 Å². The summed E-state index contributed by atoms with van der Waals surface area (Å²) >= 11 is 6.73. The van der Waals surface area contributed by atoms with Crippen molar-refractivity contribution in [2.75, 3.05) is 13.1 Å². The molecule has 3 aromatic rings. The highest BCUT2D eigenvalue weighted by Gasteiger charge is 2.25. The zero-order valence-electron chi connectivity index (χ0n) is 14.1. The number of fused-ring (bicyclic) bond motifs is 1. The zero-order chi connectivity index (χ0) is 17.1. The van der Waals surface area contributed by atoms with Crippen LogP contribution in [-0.4, -0.2) is 23.0 Å². The summed E-state index contributed by atoms with van der Waals surface area (Å²) in [5, 5.41) is 1.87. The molecule has 0 spiro atoms. The van der Waals surface area contributed by atoms with E-state index in [4.69, 9.17) is 11.6 Å². The molecule has 1 fully saturated rings. The van der Waals surface area contributed by atoms with Gasteiger partial charge in [0.15, 0.2) is 0 Å². The lowest BCUT2D eigenvalue weighted by Gasteiger charge is -2.31. The van der Waals surface area contributed by atoms with E-state index in [-0.39, 0.29) is 6.04 Å². The highest BCUT2D eigenvalue weighted by atomic mass is 35.5. The number of rotatable bonds is 2. The van der Waals surface area contributed by atoms with Gasteiger partial charge in [-0.2, -0.15) is 0 Å². The van der Waals surface area contributed by atoms with Gasteiger partial charge in [0.1, 0.15) is 6.04 Å². The van der Waals surface area contributed by atoms with E-state index in [1.807, 2.05) is 42.5 Å².